The van der Waals surface area contributed by atoms with Crippen molar-refractivity contribution in [3.05, 3.63) is 0 Å². The zero-order valence-corrected chi connectivity index (χ0v) is 29.8. The van der Waals surface area contributed by atoms with Crippen LogP contribution in [-0.2, 0) is 40.2 Å². The van der Waals surface area contributed by atoms with Gasteiger partial charge in [-0.3, -0.25) is 0 Å². The number of aliphatic hydroxyl groups excluding tert-OH is 20. The van der Waals surface area contributed by atoms with Gasteiger partial charge in [0.05, 0.1) is 26.4 Å². The summed E-state index contributed by atoms with van der Waals surface area (Å²) < 4.78 is 0. The molecule has 0 amide bonds. The van der Waals surface area contributed by atoms with Crippen molar-refractivity contribution < 1.29 is 163 Å². The molecule has 0 heterocycles. The third-order valence-electron chi connectivity index (χ3n) is 6.03. The van der Waals surface area contributed by atoms with E-state index < -0.39 is 148 Å². The molecule has 0 radical (unpaired) electrons. The van der Waals surface area contributed by atoms with Gasteiger partial charge >= 0.3 is 23.9 Å². The fourth-order valence-corrected chi connectivity index (χ4v) is 2.67. The van der Waals surface area contributed by atoms with Gasteiger partial charge in [-0.25, -0.2) is 19.2 Å². The molecule has 0 spiro atoms. The number of aliphatic hydroxyl groups is 20. The van der Waals surface area contributed by atoms with E-state index >= 15 is 0 Å². The predicted molar refractivity (Wildman–Crippen MR) is 155 cm³/mol. The quantitative estimate of drug-likeness (QED) is 0.0539. The summed E-state index contributed by atoms with van der Waals surface area (Å²) in [6.07, 6.45) is -31.3. The molecule has 28 nitrogen and oxygen atoms in total. The first kappa shape index (κ1) is 60.0. The van der Waals surface area contributed by atoms with Gasteiger partial charge in [-0.2, -0.15) is 0 Å². The minimum atomic E-state index is -2.20. The molecule has 0 aromatic rings. The molecule has 16 atom stereocenters. The van der Waals surface area contributed by atoms with E-state index in [2.05, 4.69) is 0 Å². The zero-order chi connectivity index (χ0) is 42.4. The smallest absolute Gasteiger partial charge is 0.335 e. The molecule has 0 bridgehead atoms. The average Bonchev–Trinajstić information content (AvgIpc) is 3.12. The van der Waals surface area contributed by atoms with Gasteiger partial charge in [-0.15, -0.1) is 0 Å². The van der Waals surface area contributed by atoms with Crippen molar-refractivity contribution in [2.45, 2.75) is 97.7 Å². The van der Waals surface area contributed by atoms with E-state index in [0.29, 0.717) is 0 Å². The second-order valence-corrected chi connectivity index (χ2v) is 10.1. The van der Waals surface area contributed by atoms with Crippen LogP contribution in [0, 0.1) is 0 Å². The second-order valence-electron chi connectivity index (χ2n) is 10.1. The molecule has 53 heavy (non-hydrogen) atoms. The minimum absolute atomic E-state index is 0. The van der Waals surface area contributed by atoms with Gasteiger partial charge < -0.3 is 123 Å². The topological polar surface area (TPSA) is 554 Å². The van der Waals surface area contributed by atoms with Gasteiger partial charge in [0, 0.05) is 21.1 Å². The molecule has 0 fully saturated rings. The van der Waals surface area contributed by atoms with E-state index in [4.69, 9.17) is 123 Å². The van der Waals surface area contributed by atoms with Crippen LogP contribution in [0.4, 0.5) is 0 Å². The van der Waals surface area contributed by atoms with Gasteiger partial charge in [0.1, 0.15) is 73.2 Å². The first-order chi connectivity index (χ1) is 23.7. The van der Waals surface area contributed by atoms with Crippen molar-refractivity contribution >= 4 is 23.9 Å². The normalized spacial score (nSPS) is 20.0. The van der Waals surface area contributed by atoms with E-state index in [1.54, 1.807) is 0 Å². The summed E-state index contributed by atoms with van der Waals surface area (Å²) in [5, 5.41) is 207. The van der Waals surface area contributed by atoms with E-state index in [0.717, 1.165) is 0 Å². The molecule has 0 aromatic heterocycles. The molecule has 0 rings (SSSR count). The van der Waals surface area contributed by atoms with E-state index in [1.165, 1.54) is 0 Å². The Bertz CT molecular complexity index is 841. The van der Waals surface area contributed by atoms with E-state index in [1.807, 2.05) is 0 Å². The van der Waals surface area contributed by atoms with Gasteiger partial charge in [0.25, 0.3) is 0 Å². The second kappa shape index (κ2) is 31.0. The fraction of sp³-hybridized carbons (Fsp3) is 0.833. The maximum absolute atomic E-state index is 10.1. The minimum Gasteiger partial charge on any atom is -0.479 e. The van der Waals surface area contributed by atoms with Crippen LogP contribution in [-0.4, -0.2) is 271 Å². The molecular weight excluding hydrogens is 920 g/mol. The first-order valence-electron chi connectivity index (χ1n) is 13.9. The Morgan fingerprint density at radius 1 is 0.283 bits per heavy atom. The van der Waals surface area contributed by atoms with Crippen LogP contribution in [0.5, 0.6) is 0 Å². The Balaban J connectivity index is -0.000000192. The molecule has 0 unspecified atom stereocenters. The number of hydrogen-bond donors (Lipinski definition) is 24. The molecule has 0 aliphatic carbocycles. The van der Waals surface area contributed by atoms with Crippen molar-refractivity contribution in [3.8, 4) is 0 Å². The molecule has 0 aliphatic heterocycles. The van der Waals surface area contributed by atoms with E-state index in [9.17, 15) is 19.2 Å². The summed E-state index contributed by atoms with van der Waals surface area (Å²) in [5.74, 6) is -6.90. The number of aliphatic carboxylic acids is 4. The fourth-order valence-electron chi connectivity index (χ4n) is 2.67. The number of hydrogen-bond acceptors (Lipinski definition) is 24. The van der Waals surface area contributed by atoms with Crippen molar-refractivity contribution in [2.24, 2.45) is 0 Å². The molecule has 24 N–H and O–H groups in total. The van der Waals surface area contributed by atoms with Crippen molar-refractivity contribution in [1.82, 2.24) is 0 Å². The first-order valence-corrected chi connectivity index (χ1v) is 13.9. The van der Waals surface area contributed by atoms with E-state index in [-0.39, 0.29) is 21.1 Å². The maximum Gasteiger partial charge on any atom is 0.335 e. The summed E-state index contributed by atoms with van der Waals surface area (Å²) in [4.78, 5) is 40.4. The molecule has 318 valence electrons. The van der Waals surface area contributed by atoms with Crippen LogP contribution in [0.15, 0.2) is 0 Å². The van der Waals surface area contributed by atoms with Crippen LogP contribution in [0.1, 0.15) is 0 Å². The summed E-state index contributed by atoms with van der Waals surface area (Å²) in [7, 11) is 0. The van der Waals surface area contributed by atoms with Crippen LogP contribution >= 0.6 is 0 Å². The average molecular weight is 968 g/mol. The summed E-state index contributed by atoms with van der Waals surface area (Å²) in [6.45, 7) is -3.37. The Morgan fingerprint density at radius 3 is 0.472 bits per heavy atom. The number of rotatable bonds is 20. The number of carbonyl (C=O) groups is 4. The van der Waals surface area contributed by atoms with Gasteiger partial charge in [0.15, 0.2) is 24.4 Å². The summed E-state index contributed by atoms with van der Waals surface area (Å²) >= 11 is 0. The maximum atomic E-state index is 10.1. The van der Waals surface area contributed by atoms with Crippen molar-refractivity contribution in [1.29, 1.82) is 0 Å². The van der Waals surface area contributed by atoms with Crippen LogP contribution in [0.25, 0.3) is 0 Å². The van der Waals surface area contributed by atoms with Crippen LogP contribution in [0.3, 0.4) is 0 Å². The predicted octanol–water partition coefficient (Wildman–Crippen LogP) is -14.0. The van der Waals surface area contributed by atoms with Crippen molar-refractivity contribution in [2.75, 3.05) is 26.4 Å². The van der Waals surface area contributed by atoms with Gasteiger partial charge in [-0.1, -0.05) is 0 Å². The van der Waals surface area contributed by atoms with Gasteiger partial charge in [0.2, 0.25) is 0 Å². The zero-order valence-electron chi connectivity index (χ0n) is 26.8. The standard InChI is InChI=1S/4C6H12O7.W/c4*7-1-2(8)3(9)4(10)5(11)6(12)13;/h4*2-5,7-11H,1H2,(H,12,13);/t4*2-,3-,4+,5-;/m1111./s1. The molecule has 0 saturated carbocycles. The Morgan fingerprint density at radius 2 is 0.396 bits per heavy atom. The molecule has 0 saturated heterocycles. The SMILES string of the molecule is O=C(O)[C@H](O)[C@@H](O)[C@H](O)[C@H](O)CO.O=C(O)[C@H](O)[C@@H](O)[C@H](O)[C@H](O)CO.O=C(O)[C@H](O)[C@@H](O)[C@H](O)[C@H](O)CO.O=C(O)[C@H](O)[C@@H](O)[C@H](O)[C@H](O)CO.[W]. The summed E-state index contributed by atoms with van der Waals surface area (Å²) in [5.41, 5.74) is 0. The molecule has 0 aromatic carbocycles. The summed E-state index contributed by atoms with van der Waals surface area (Å²) in [6, 6.07) is 0. The van der Waals surface area contributed by atoms with Crippen LogP contribution in [0.2, 0.25) is 0 Å². The Labute approximate surface area is 310 Å². The third-order valence-corrected chi connectivity index (χ3v) is 6.03. The number of carboxylic acids is 4. The number of carboxylic acid groups (broad SMARTS) is 4. The molecule has 0 aliphatic rings. The third kappa shape index (κ3) is 23.3. The monoisotopic (exact) mass is 968 g/mol. The Hall–Kier alpha value is -2.23. The van der Waals surface area contributed by atoms with Crippen molar-refractivity contribution in [3.63, 3.8) is 0 Å². The van der Waals surface area contributed by atoms with Gasteiger partial charge in [-0.05, 0) is 0 Å². The molecular formula is C24H48O28W. The molecule has 29 heteroatoms. The largest absolute Gasteiger partial charge is 0.479 e. The Kier molecular flexibility index (Phi) is 35.1. The van der Waals surface area contributed by atoms with Crippen LogP contribution < -0.4 is 0 Å².